The smallest absolute Gasteiger partial charge is 0.127 e. The summed E-state index contributed by atoms with van der Waals surface area (Å²) in [5.74, 6) is 0.810. The highest BCUT2D eigenvalue weighted by molar-refractivity contribution is 5.58. The molecule has 0 saturated carbocycles. The van der Waals surface area contributed by atoms with Gasteiger partial charge < -0.3 is 14.7 Å². The van der Waals surface area contributed by atoms with E-state index < -0.39 is 0 Å². The number of nitrogens with zero attached hydrogens (tertiary/aromatic N) is 1. The van der Waals surface area contributed by atoms with Gasteiger partial charge in [-0.05, 0) is 37.5 Å². The lowest BCUT2D eigenvalue weighted by Gasteiger charge is -2.09. The van der Waals surface area contributed by atoms with E-state index in [2.05, 4.69) is 11.2 Å². The second kappa shape index (κ2) is 7.68. The highest BCUT2D eigenvalue weighted by Gasteiger charge is 2.01. The van der Waals surface area contributed by atoms with Crippen LogP contribution in [0.4, 0.5) is 0 Å². The highest BCUT2D eigenvalue weighted by atomic mass is 16.5. The summed E-state index contributed by atoms with van der Waals surface area (Å²) in [7, 11) is 0. The van der Waals surface area contributed by atoms with Gasteiger partial charge in [0.15, 0.2) is 0 Å². The van der Waals surface area contributed by atoms with Gasteiger partial charge in [0.25, 0.3) is 0 Å². The van der Waals surface area contributed by atoms with E-state index in [1.165, 1.54) is 11.8 Å². The van der Waals surface area contributed by atoms with Crippen molar-refractivity contribution in [1.29, 1.82) is 0 Å². The summed E-state index contributed by atoms with van der Waals surface area (Å²) in [6.07, 6.45) is 2.22. The second-order valence-corrected chi connectivity index (χ2v) is 3.66. The van der Waals surface area contributed by atoms with Gasteiger partial charge in [0.05, 0.1) is 12.8 Å². The molecule has 0 amide bonds. The van der Waals surface area contributed by atoms with E-state index in [0.717, 1.165) is 30.9 Å². The van der Waals surface area contributed by atoms with Crippen molar-refractivity contribution < 1.29 is 14.7 Å². The Bertz CT molecular complexity index is 364. The van der Waals surface area contributed by atoms with Crippen LogP contribution < -0.4 is 4.74 Å². The second-order valence-electron chi connectivity index (χ2n) is 3.66. The fourth-order valence-corrected chi connectivity index (χ4v) is 1.52. The average Bonchev–Trinajstić information content (AvgIpc) is 2.32. The van der Waals surface area contributed by atoms with Crippen molar-refractivity contribution in [1.82, 2.24) is 0 Å². The molecule has 1 aromatic rings. The van der Waals surface area contributed by atoms with Crippen LogP contribution in [0.2, 0.25) is 0 Å². The average molecular weight is 237 g/mol. The third kappa shape index (κ3) is 4.87. The van der Waals surface area contributed by atoms with E-state index in [9.17, 15) is 0 Å². The van der Waals surface area contributed by atoms with Gasteiger partial charge in [0.2, 0.25) is 0 Å². The molecule has 0 aliphatic carbocycles. The molecule has 1 N–H and O–H groups in total. The van der Waals surface area contributed by atoms with E-state index in [-0.39, 0.29) is 6.61 Å². The molecule has 0 aromatic heterocycles. The summed E-state index contributed by atoms with van der Waals surface area (Å²) in [6.45, 7) is 5.75. The Balaban J connectivity index is 2.53. The maximum Gasteiger partial charge on any atom is 0.127 e. The lowest BCUT2D eigenvalue weighted by atomic mass is 10.1. The van der Waals surface area contributed by atoms with Gasteiger partial charge in [-0.2, -0.15) is 0 Å². The van der Waals surface area contributed by atoms with Crippen molar-refractivity contribution in [3.63, 3.8) is 0 Å². The highest BCUT2D eigenvalue weighted by Crippen LogP contribution is 2.19. The normalized spacial score (nSPS) is 10.9. The zero-order valence-electron chi connectivity index (χ0n) is 10.3. The molecule has 1 rings (SSSR count). The van der Waals surface area contributed by atoms with Gasteiger partial charge in [-0.3, -0.25) is 0 Å². The quantitative estimate of drug-likeness (QED) is 0.343. The first kappa shape index (κ1) is 13.5. The van der Waals surface area contributed by atoms with Crippen LogP contribution in [0.15, 0.2) is 23.4 Å². The number of ether oxygens (including phenoxy) is 2. The molecule has 0 spiro atoms. The monoisotopic (exact) mass is 237 g/mol. The topological polar surface area (TPSA) is 51.0 Å². The summed E-state index contributed by atoms with van der Waals surface area (Å²) in [5, 5.41) is 11.1. The summed E-state index contributed by atoms with van der Waals surface area (Å²) < 4.78 is 10.7. The fourth-order valence-electron chi connectivity index (χ4n) is 1.52. The number of hydrogen-bond acceptors (Lipinski definition) is 4. The van der Waals surface area contributed by atoms with Gasteiger partial charge >= 0.3 is 0 Å². The Kier molecular flexibility index (Phi) is 6.10. The fraction of sp³-hybridized carbons (Fsp3) is 0.462. The van der Waals surface area contributed by atoms with Crippen LogP contribution >= 0.6 is 0 Å². The molecular formula is C13H19NO3. The number of oxime groups is 1. The third-order valence-electron chi connectivity index (χ3n) is 2.37. The first-order chi connectivity index (χ1) is 8.27. The van der Waals surface area contributed by atoms with Gasteiger partial charge in [0.1, 0.15) is 12.4 Å². The van der Waals surface area contributed by atoms with Gasteiger partial charge in [0, 0.05) is 6.61 Å². The summed E-state index contributed by atoms with van der Waals surface area (Å²) >= 11 is 0. The maximum atomic E-state index is 8.25. The summed E-state index contributed by atoms with van der Waals surface area (Å²) in [6, 6.07) is 6.05. The van der Waals surface area contributed by atoms with Crippen molar-refractivity contribution in [2.24, 2.45) is 5.16 Å². The molecule has 0 fully saturated rings. The SMILES string of the molecule is CCOCCc1ccc(OCC=NO)c(C)c1. The van der Waals surface area contributed by atoms with Crippen LogP contribution in [0.25, 0.3) is 0 Å². The Morgan fingerprint density at radius 1 is 1.41 bits per heavy atom. The lowest BCUT2D eigenvalue weighted by molar-refractivity contribution is 0.151. The van der Waals surface area contributed by atoms with Crippen molar-refractivity contribution in [3.05, 3.63) is 29.3 Å². The van der Waals surface area contributed by atoms with E-state index in [1.54, 1.807) is 0 Å². The van der Waals surface area contributed by atoms with Gasteiger partial charge in [-0.1, -0.05) is 17.3 Å². The van der Waals surface area contributed by atoms with Crippen LogP contribution in [-0.4, -0.2) is 31.2 Å². The minimum Gasteiger partial charge on any atom is -0.488 e. The molecule has 4 heteroatoms. The standard InChI is InChI=1S/C13H19NO3/c1-3-16-8-6-12-4-5-13(11(2)10-12)17-9-7-14-15/h4-5,7,10,15H,3,6,8-9H2,1-2H3. The van der Waals surface area contributed by atoms with Crippen LogP contribution in [0.3, 0.4) is 0 Å². The van der Waals surface area contributed by atoms with Gasteiger partial charge in [-0.25, -0.2) is 0 Å². The third-order valence-corrected chi connectivity index (χ3v) is 2.37. The first-order valence-electron chi connectivity index (χ1n) is 5.74. The molecule has 0 aliphatic rings. The van der Waals surface area contributed by atoms with E-state index in [1.807, 2.05) is 26.0 Å². The first-order valence-corrected chi connectivity index (χ1v) is 5.74. The number of rotatable bonds is 7. The van der Waals surface area contributed by atoms with E-state index >= 15 is 0 Å². The zero-order chi connectivity index (χ0) is 12.5. The largest absolute Gasteiger partial charge is 0.488 e. The zero-order valence-corrected chi connectivity index (χ0v) is 10.3. The van der Waals surface area contributed by atoms with Crippen LogP contribution in [0.5, 0.6) is 5.75 Å². The molecule has 94 valence electrons. The molecule has 1 aromatic carbocycles. The summed E-state index contributed by atoms with van der Waals surface area (Å²) in [4.78, 5) is 0. The maximum absolute atomic E-state index is 8.25. The van der Waals surface area contributed by atoms with Crippen LogP contribution in [0.1, 0.15) is 18.1 Å². The molecule has 0 bridgehead atoms. The van der Waals surface area contributed by atoms with Crippen LogP contribution in [0, 0.1) is 6.92 Å². The Hall–Kier alpha value is -1.55. The van der Waals surface area contributed by atoms with E-state index in [4.69, 9.17) is 14.7 Å². The molecular weight excluding hydrogens is 218 g/mol. The van der Waals surface area contributed by atoms with Crippen molar-refractivity contribution in [2.75, 3.05) is 19.8 Å². The predicted molar refractivity (Wildman–Crippen MR) is 67.1 cm³/mol. The molecule has 0 heterocycles. The molecule has 0 atom stereocenters. The minimum absolute atomic E-state index is 0.273. The number of hydrogen-bond donors (Lipinski definition) is 1. The Morgan fingerprint density at radius 3 is 2.88 bits per heavy atom. The molecule has 0 aliphatic heterocycles. The van der Waals surface area contributed by atoms with Crippen molar-refractivity contribution in [3.8, 4) is 5.75 Å². The number of benzene rings is 1. The number of aryl methyl sites for hydroxylation is 1. The predicted octanol–water partition coefficient (Wildman–Crippen LogP) is 2.41. The Morgan fingerprint density at radius 2 is 2.24 bits per heavy atom. The van der Waals surface area contributed by atoms with Crippen LogP contribution in [-0.2, 0) is 11.2 Å². The summed E-state index contributed by atoms with van der Waals surface area (Å²) in [5.41, 5.74) is 2.31. The molecule has 17 heavy (non-hydrogen) atoms. The van der Waals surface area contributed by atoms with Crippen molar-refractivity contribution >= 4 is 6.21 Å². The Labute approximate surface area is 102 Å². The molecule has 4 nitrogen and oxygen atoms in total. The van der Waals surface area contributed by atoms with Crippen molar-refractivity contribution in [2.45, 2.75) is 20.3 Å². The lowest BCUT2D eigenvalue weighted by Crippen LogP contribution is -2.01. The van der Waals surface area contributed by atoms with Gasteiger partial charge in [-0.15, -0.1) is 0 Å². The molecule has 0 saturated heterocycles. The minimum atomic E-state index is 0.273. The molecule has 0 unspecified atom stereocenters. The molecule has 0 radical (unpaired) electrons. The van der Waals surface area contributed by atoms with E-state index in [0.29, 0.717) is 0 Å².